The van der Waals surface area contributed by atoms with E-state index in [0.29, 0.717) is 15.5 Å². The molecule has 0 unspecified atom stereocenters. The van der Waals surface area contributed by atoms with E-state index < -0.39 is 0 Å². The van der Waals surface area contributed by atoms with Gasteiger partial charge in [0.2, 0.25) is 0 Å². The number of alkyl halides is 1. The van der Waals surface area contributed by atoms with Gasteiger partial charge in [-0.1, -0.05) is 6.07 Å². The molecule has 0 saturated carbocycles. The van der Waals surface area contributed by atoms with Crippen molar-refractivity contribution in [2.75, 3.05) is 0 Å². The molecule has 1 nitrogen and oxygen atoms in total. The van der Waals surface area contributed by atoms with Crippen molar-refractivity contribution in [1.29, 1.82) is 0 Å². The van der Waals surface area contributed by atoms with Crippen molar-refractivity contribution in [2.24, 2.45) is 0 Å². The number of aldehydes is 1. The fraction of sp³-hybridized carbons (Fsp3) is 0.100. The number of halogens is 2. The number of carbonyl (C=O) groups is 1. The van der Waals surface area contributed by atoms with Crippen LogP contribution in [0.5, 0.6) is 0 Å². The SMILES string of the molecule is O=Cc1cc2c(CCl)ccc(F)c2s1. The highest BCUT2D eigenvalue weighted by atomic mass is 35.5. The summed E-state index contributed by atoms with van der Waals surface area (Å²) in [5.41, 5.74) is 0.854. The summed E-state index contributed by atoms with van der Waals surface area (Å²) >= 11 is 6.86. The van der Waals surface area contributed by atoms with Crippen LogP contribution in [0.1, 0.15) is 15.2 Å². The summed E-state index contributed by atoms with van der Waals surface area (Å²) in [5.74, 6) is 0.0261. The minimum atomic E-state index is -0.299. The second-order valence-corrected chi connectivity index (χ2v) is 4.20. The van der Waals surface area contributed by atoms with Crippen molar-refractivity contribution in [3.05, 3.63) is 34.5 Å². The molecule has 1 aromatic carbocycles. The number of carbonyl (C=O) groups excluding carboxylic acids is 1. The van der Waals surface area contributed by atoms with Crippen molar-refractivity contribution >= 4 is 39.3 Å². The van der Waals surface area contributed by atoms with Crippen LogP contribution >= 0.6 is 22.9 Å². The Kier molecular flexibility index (Phi) is 2.52. The van der Waals surface area contributed by atoms with E-state index in [2.05, 4.69) is 0 Å². The fourth-order valence-corrected chi connectivity index (χ4v) is 2.50. The van der Waals surface area contributed by atoms with Crippen LogP contribution in [0.15, 0.2) is 18.2 Å². The number of hydrogen-bond donors (Lipinski definition) is 0. The van der Waals surface area contributed by atoms with Gasteiger partial charge in [0.25, 0.3) is 0 Å². The number of hydrogen-bond acceptors (Lipinski definition) is 2. The van der Waals surface area contributed by atoms with Gasteiger partial charge in [-0.05, 0) is 17.7 Å². The number of rotatable bonds is 2. The van der Waals surface area contributed by atoms with Gasteiger partial charge < -0.3 is 0 Å². The average Bonchev–Trinajstić information content (AvgIpc) is 2.63. The standard InChI is InChI=1S/C10H6ClFOS/c11-4-6-1-2-9(12)10-8(6)3-7(5-13)14-10/h1-3,5H,4H2. The highest BCUT2D eigenvalue weighted by Gasteiger charge is 2.09. The lowest BCUT2D eigenvalue weighted by atomic mass is 10.1. The first-order valence-electron chi connectivity index (χ1n) is 3.98. The van der Waals surface area contributed by atoms with Gasteiger partial charge >= 0.3 is 0 Å². The minimum Gasteiger partial charge on any atom is -0.297 e. The smallest absolute Gasteiger partial charge is 0.160 e. The molecule has 0 saturated heterocycles. The van der Waals surface area contributed by atoms with E-state index >= 15 is 0 Å². The van der Waals surface area contributed by atoms with Gasteiger partial charge in [-0.15, -0.1) is 22.9 Å². The third kappa shape index (κ3) is 1.42. The second kappa shape index (κ2) is 3.67. The van der Waals surface area contributed by atoms with E-state index in [9.17, 15) is 9.18 Å². The van der Waals surface area contributed by atoms with Gasteiger partial charge in [-0.3, -0.25) is 4.79 Å². The molecule has 14 heavy (non-hydrogen) atoms. The molecule has 0 N–H and O–H groups in total. The molecule has 0 radical (unpaired) electrons. The number of thiophene rings is 1. The molecule has 2 aromatic rings. The van der Waals surface area contributed by atoms with Gasteiger partial charge in [-0.25, -0.2) is 4.39 Å². The van der Waals surface area contributed by atoms with Crippen LogP contribution in [0, 0.1) is 5.82 Å². The molecule has 0 bridgehead atoms. The van der Waals surface area contributed by atoms with E-state index in [1.807, 2.05) is 0 Å². The molecule has 4 heteroatoms. The van der Waals surface area contributed by atoms with E-state index in [1.54, 1.807) is 12.1 Å². The summed E-state index contributed by atoms with van der Waals surface area (Å²) in [6, 6.07) is 4.70. The molecule has 0 amide bonds. The molecule has 72 valence electrons. The third-order valence-electron chi connectivity index (χ3n) is 2.00. The molecule has 1 aromatic heterocycles. The van der Waals surface area contributed by atoms with Crippen LogP contribution in [-0.4, -0.2) is 6.29 Å². The number of fused-ring (bicyclic) bond motifs is 1. The molecule has 2 rings (SSSR count). The lowest BCUT2D eigenvalue weighted by Crippen LogP contribution is -1.80. The van der Waals surface area contributed by atoms with Crippen molar-refractivity contribution < 1.29 is 9.18 Å². The monoisotopic (exact) mass is 228 g/mol. The predicted octanol–water partition coefficient (Wildman–Crippen LogP) is 3.59. The largest absolute Gasteiger partial charge is 0.297 e. The van der Waals surface area contributed by atoms with Gasteiger partial charge in [-0.2, -0.15) is 0 Å². The minimum absolute atomic E-state index is 0.299. The zero-order valence-electron chi connectivity index (χ0n) is 7.09. The first-order valence-corrected chi connectivity index (χ1v) is 5.33. The summed E-state index contributed by atoms with van der Waals surface area (Å²) in [5, 5.41) is 0.743. The van der Waals surface area contributed by atoms with Crippen LogP contribution in [0.3, 0.4) is 0 Å². The molecule has 0 aliphatic heterocycles. The maximum Gasteiger partial charge on any atom is 0.160 e. The Balaban J connectivity index is 2.81. The molecule has 0 atom stereocenters. The Bertz CT molecular complexity index is 492. The molecular formula is C10H6ClFOS. The molecule has 0 fully saturated rings. The molecule has 0 spiro atoms. The Labute approximate surface area is 89.1 Å². The summed E-state index contributed by atoms with van der Waals surface area (Å²) < 4.78 is 13.8. The summed E-state index contributed by atoms with van der Waals surface area (Å²) in [4.78, 5) is 11.1. The third-order valence-corrected chi connectivity index (χ3v) is 3.36. The van der Waals surface area contributed by atoms with E-state index in [1.165, 1.54) is 6.07 Å². The van der Waals surface area contributed by atoms with Crippen LogP contribution in [-0.2, 0) is 5.88 Å². The Morgan fingerprint density at radius 3 is 2.93 bits per heavy atom. The molecular weight excluding hydrogens is 223 g/mol. The number of benzene rings is 1. The van der Waals surface area contributed by atoms with E-state index in [0.717, 1.165) is 28.6 Å². The van der Waals surface area contributed by atoms with Crippen molar-refractivity contribution in [3.8, 4) is 0 Å². The Morgan fingerprint density at radius 1 is 1.50 bits per heavy atom. The molecule has 0 aliphatic carbocycles. The molecule has 1 heterocycles. The maximum absolute atomic E-state index is 13.3. The topological polar surface area (TPSA) is 17.1 Å². The Morgan fingerprint density at radius 2 is 2.29 bits per heavy atom. The quantitative estimate of drug-likeness (QED) is 0.567. The zero-order chi connectivity index (χ0) is 10.1. The van der Waals surface area contributed by atoms with Gasteiger partial charge in [0, 0.05) is 11.3 Å². The fourth-order valence-electron chi connectivity index (χ4n) is 1.34. The summed E-state index contributed by atoms with van der Waals surface area (Å²) in [6.07, 6.45) is 0.724. The normalized spacial score (nSPS) is 10.7. The van der Waals surface area contributed by atoms with E-state index in [4.69, 9.17) is 11.6 Å². The summed E-state index contributed by atoms with van der Waals surface area (Å²) in [6.45, 7) is 0. The Hall–Kier alpha value is -0.930. The highest BCUT2D eigenvalue weighted by Crippen LogP contribution is 2.30. The lowest BCUT2D eigenvalue weighted by molar-refractivity contribution is 0.112. The maximum atomic E-state index is 13.3. The predicted molar refractivity (Wildman–Crippen MR) is 56.7 cm³/mol. The van der Waals surface area contributed by atoms with Gasteiger partial charge in [0.1, 0.15) is 5.82 Å². The first kappa shape index (κ1) is 9.62. The first-order chi connectivity index (χ1) is 6.76. The van der Waals surface area contributed by atoms with Crippen LogP contribution in [0.4, 0.5) is 4.39 Å². The van der Waals surface area contributed by atoms with Crippen molar-refractivity contribution in [3.63, 3.8) is 0 Å². The summed E-state index contributed by atoms with van der Waals surface area (Å²) in [7, 11) is 0. The van der Waals surface area contributed by atoms with Crippen LogP contribution < -0.4 is 0 Å². The second-order valence-electron chi connectivity index (χ2n) is 2.85. The van der Waals surface area contributed by atoms with Crippen molar-refractivity contribution in [1.82, 2.24) is 0 Å². The lowest BCUT2D eigenvalue weighted by Gasteiger charge is -1.97. The van der Waals surface area contributed by atoms with Gasteiger partial charge in [0.05, 0.1) is 9.58 Å². The molecule has 0 aliphatic rings. The zero-order valence-corrected chi connectivity index (χ0v) is 8.66. The van der Waals surface area contributed by atoms with Crippen LogP contribution in [0.2, 0.25) is 0 Å². The van der Waals surface area contributed by atoms with Crippen LogP contribution in [0.25, 0.3) is 10.1 Å². The highest BCUT2D eigenvalue weighted by molar-refractivity contribution is 7.20. The van der Waals surface area contributed by atoms with Crippen molar-refractivity contribution in [2.45, 2.75) is 5.88 Å². The van der Waals surface area contributed by atoms with E-state index in [-0.39, 0.29) is 5.82 Å². The van der Waals surface area contributed by atoms with Gasteiger partial charge in [0.15, 0.2) is 6.29 Å². The average molecular weight is 229 g/mol.